The fourth-order valence-electron chi connectivity index (χ4n) is 1.79. The first-order valence-electron chi connectivity index (χ1n) is 7.52. The molecule has 0 saturated carbocycles. The molecular formula is C19H17F3N2O. The van der Waals surface area contributed by atoms with Crippen LogP contribution in [0.15, 0.2) is 42.6 Å². The third kappa shape index (κ3) is 5.64. The highest BCUT2D eigenvalue weighted by atomic mass is 19.4. The summed E-state index contributed by atoms with van der Waals surface area (Å²) in [5.74, 6) is 5.71. The van der Waals surface area contributed by atoms with Gasteiger partial charge in [0.15, 0.2) is 0 Å². The van der Waals surface area contributed by atoms with Crippen LogP contribution in [0.25, 0.3) is 0 Å². The number of nitrogens with zero attached hydrogens (tertiary/aromatic N) is 1. The van der Waals surface area contributed by atoms with Crippen molar-refractivity contribution in [2.24, 2.45) is 5.41 Å². The molecule has 0 bridgehead atoms. The molecule has 1 aromatic carbocycles. The van der Waals surface area contributed by atoms with Gasteiger partial charge < -0.3 is 5.32 Å². The lowest BCUT2D eigenvalue weighted by atomic mass is 9.97. The van der Waals surface area contributed by atoms with E-state index in [2.05, 4.69) is 22.1 Å². The molecule has 0 unspecified atom stereocenters. The van der Waals surface area contributed by atoms with Crippen molar-refractivity contribution in [3.63, 3.8) is 0 Å². The first-order chi connectivity index (χ1) is 11.5. The fraction of sp³-hybridized carbons (Fsp3) is 0.263. The van der Waals surface area contributed by atoms with E-state index in [1.165, 1.54) is 0 Å². The van der Waals surface area contributed by atoms with Crippen molar-refractivity contribution in [2.75, 3.05) is 5.32 Å². The third-order valence-corrected chi connectivity index (χ3v) is 3.06. The Balaban J connectivity index is 2.07. The number of halogens is 3. The number of hydrogen-bond acceptors (Lipinski definition) is 2. The zero-order valence-corrected chi connectivity index (χ0v) is 14.0. The quantitative estimate of drug-likeness (QED) is 0.797. The predicted molar refractivity (Wildman–Crippen MR) is 90.0 cm³/mol. The SMILES string of the molecule is CC(C)(C)C#Cc1ccc(C(=O)Nc2ccc(C(F)(F)F)cn2)cc1. The molecule has 6 heteroatoms. The summed E-state index contributed by atoms with van der Waals surface area (Å²) in [6, 6.07) is 8.62. The Bertz CT molecular complexity index is 805. The highest BCUT2D eigenvalue weighted by Crippen LogP contribution is 2.28. The molecule has 3 nitrogen and oxygen atoms in total. The van der Waals surface area contributed by atoms with Crippen LogP contribution >= 0.6 is 0 Å². The van der Waals surface area contributed by atoms with Crippen molar-refractivity contribution in [3.8, 4) is 11.8 Å². The smallest absolute Gasteiger partial charge is 0.307 e. The first kappa shape index (κ1) is 18.5. The van der Waals surface area contributed by atoms with Crippen LogP contribution in [0, 0.1) is 17.3 Å². The van der Waals surface area contributed by atoms with Crippen LogP contribution in [-0.4, -0.2) is 10.9 Å². The highest BCUT2D eigenvalue weighted by Gasteiger charge is 2.30. The number of rotatable bonds is 2. The lowest BCUT2D eigenvalue weighted by molar-refractivity contribution is -0.137. The van der Waals surface area contributed by atoms with Crippen molar-refractivity contribution in [1.82, 2.24) is 4.98 Å². The Hall–Kier alpha value is -2.81. The van der Waals surface area contributed by atoms with E-state index in [1.807, 2.05) is 20.8 Å². The molecule has 25 heavy (non-hydrogen) atoms. The van der Waals surface area contributed by atoms with Crippen LogP contribution in [0.2, 0.25) is 0 Å². The molecule has 0 atom stereocenters. The largest absolute Gasteiger partial charge is 0.417 e. The van der Waals surface area contributed by atoms with Crippen molar-refractivity contribution >= 4 is 11.7 Å². The number of pyridine rings is 1. The minimum Gasteiger partial charge on any atom is -0.307 e. The van der Waals surface area contributed by atoms with Crippen LogP contribution in [0.5, 0.6) is 0 Å². The predicted octanol–water partition coefficient (Wildman–Crippen LogP) is 4.75. The van der Waals surface area contributed by atoms with Gasteiger partial charge in [-0.2, -0.15) is 13.2 Å². The van der Waals surface area contributed by atoms with E-state index in [4.69, 9.17) is 0 Å². The van der Waals surface area contributed by atoms with E-state index >= 15 is 0 Å². The summed E-state index contributed by atoms with van der Waals surface area (Å²) in [7, 11) is 0. The minimum atomic E-state index is -4.46. The number of anilines is 1. The van der Waals surface area contributed by atoms with Crippen LogP contribution in [0.3, 0.4) is 0 Å². The Kier molecular flexibility index (Phi) is 5.17. The molecule has 0 spiro atoms. The van der Waals surface area contributed by atoms with Gasteiger partial charge in [-0.15, -0.1) is 0 Å². The van der Waals surface area contributed by atoms with Gasteiger partial charge in [0.25, 0.3) is 5.91 Å². The average molecular weight is 346 g/mol. The summed E-state index contributed by atoms with van der Waals surface area (Å²) in [6.07, 6.45) is -3.78. The van der Waals surface area contributed by atoms with E-state index in [0.717, 1.165) is 17.7 Å². The van der Waals surface area contributed by atoms with E-state index in [0.29, 0.717) is 11.8 Å². The molecule has 2 rings (SSSR count). The number of nitrogens with one attached hydrogen (secondary N) is 1. The van der Waals surface area contributed by atoms with Crippen LogP contribution in [0.1, 0.15) is 42.3 Å². The van der Waals surface area contributed by atoms with Gasteiger partial charge in [0.2, 0.25) is 0 Å². The summed E-state index contributed by atoms with van der Waals surface area (Å²) in [6.45, 7) is 6.00. The van der Waals surface area contributed by atoms with Gasteiger partial charge in [0, 0.05) is 22.7 Å². The van der Waals surface area contributed by atoms with E-state index in [9.17, 15) is 18.0 Å². The van der Waals surface area contributed by atoms with E-state index < -0.39 is 17.6 Å². The van der Waals surface area contributed by atoms with Gasteiger partial charge in [-0.25, -0.2) is 4.98 Å². The van der Waals surface area contributed by atoms with Crippen LogP contribution < -0.4 is 5.32 Å². The molecule has 0 aliphatic rings. The van der Waals surface area contributed by atoms with E-state index in [1.54, 1.807) is 24.3 Å². The summed E-state index contributed by atoms with van der Waals surface area (Å²) < 4.78 is 37.4. The number of alkyl halides is 3. The fourth-order valence-corrected chi connectivity index (χ4v) is 1.79. The zero-order valence-electron chi connectivity index (χ0n) is 14.0. The summed E-state index contributed by atoms with van der Waals surface area (Å²) >= 11 is 0. The van der Waals surface area contributed by atoms with Gasteiger partial charge in [0.1, 0.15) is 5.82 Å². The van der Waals surface area contributed by atoms with Gasteiger partial charge in [-0.3, -0.25) is 4.79 Å². The van der Waals surface area contributed by atoms with Gasteiger partial charge in [-0.05, 0) is 57.2 Å². The minimum absolute atomic E-state index is 0.0506. The Morgan fingerprint density at radius 2 is 1.68 bits per heavy atom. The molecular weight excluding hydrogens is 329 g/mol. The number of carbonyl (C=O) groups excluding carboxylic acids is 1. The lowest BCUT2D eigenvalue weighted by Gasteiger charge is -2.08. The molecule has 0 fully saturated rings. The summed E-state index contributed by atoms with van der Waals surface area (Å²) in [4.78, 5) is 15.7. The van der Waals surface area contributed by atoms with E-state index in [-0.39, 0.29) is 11.2 Å². The molecule has 1 aromatic heterocycles. The molecule has 0 saturated heterocycles. The van der Waals surface area contributed by atoms with Crippen molar-refractivity contribution < 1.29 is 18.0 Å². The molecule has 0 radical (unpaired) electrons. The van der Waals surface area contributed by atoms with Crippen LogP contribution in [0.4, 0.5) is 19.0 Å². The number of hydrogen-bond donors (Lipinski definition) is 1. The second kappa shape index (κ2) is 6.98. The van der Waals surface area contributed by atoms with Crippen molar-refractivity contribution in [3.05, 3.63) is 59.3 Å². The Labute approximate surface area is 144 Å². The van der Waals surface area contributed by atoms with Gasteiger partial charge >= 0.3 is 6.18 Å². The maximum Gasteiger partial charge on any atom is 0.417 e. The molecule has 130 valence electrons. The molecule has 1 amide bonds. The van der Waals surface area contributed by atoms with Crippen LogP contribution in [-0.2, 0) is 6.18 Å². The molecule has 1 N–H and O–H groups in total. The summed E-state index contributed by atoms with van der Waals surface area (Å²) in [5.41, 5.74) is 0.152. The van der Waals surface area contributed by atoms with Gasteiger partial charge in [-0.1, -0.05) is 11.8 Å². The Morgan fingerprint density at radius 1 is 1.04 bits per heavy atom. The van der Waals surface area contributed by atoms with Crippen molar-refractivity contribution in [1.29, 1.82) is 0 Å². The van der Waals surface area contributed by atoms with Gasteiger partial charge in [0.05, 0.1) is 5.56 Å². The highest BCUT2D eigenvalue weighted by molar-refractivity contribution is 6.03. The third-order valence-electron chi connectivity index (χ3n) is 3.06. The first-order valence-corrected chi connectivity index (χ1v) is 7.52. The second-order valence-corrected chi connectivity index (χ2v) is 6.46. The number of benzene rings is 1. The number of aromatic nitrogens is 1. The molecule has 2 aromatic rings. The molecule has 0 aliphatic carbocycles. The maximum atomic E-state index is 12.5. The number of amides is 1. The molecule has 1 heterocycles. The maximum absolute atomic E-state index is 12.5. The lowest BCUT2D eigenvalue weighted by Crippen LogP contribution is -2.13. The van der Waals surface area contributed by atoms with Crippen molar-refractivity contribution in [2.45, 2.75) is 26.9 Å². The average Bonchev–Trinajstić information content (AvgIpc) is 2.52. The number of carbonyl (C=O) groups is 1. The molecule has 0 aliphatic heterocycles. The summed E-state index contributed by atoms with van der Waals surface area (Å²) in [5, 5.41) is 2.46. The normalized spacial score (nSPS) is 11.4. The monoisotopic (exact) mass is 346 g/mol. The zero-order chi connectivity index (χ0) is 18.7. The standard InChI is InChI=1S/C19H17F3N2O/c1-18(2,3)11-10-13-4-6-14(7-5-13)17(25)24-16-9-8-15(12-23-16)19(20,21)22/h4-9,12H,1-3H3,(H,23,24,25). The second-order valence-electron chi connectivity index (χ2n) is 6.46. The topological polar surface area (TPSA) is 42.0 Å². The Morgan fingerprint density at radius 3 is 2.16 bits per heavy atom.